The molecule has 0 atom stereocenters. The second-order valence-corrected chi connectivity index (χ2v) is 7.04. The SMILES string of the molecule is CCS(=O)(=O)c1nc2cc(N)c(C)cc2s1. The first-order valence-electron chi connectivity index (χ1n) is 4.83. The topological polar surface area (TPSA) is 73.0 Å². The molecule has 1 aromatic heterocycles. The van der Waals surface area contributed by atoms with E-state index in [-0.39, 0.29) is 10.1 Å². The van der Waals surface area contributed by atoms with Crippen LogP contribution in [-0.4, -0.2) is 19.2 Å². The van der Waals surface area contributed by atoms with Crippen molar-refractivity contribution in [2.75, 3.05) is 11.5 Å². The first-order chi connectivity index (χ1) is 7.44. The third-order valence-electron chi connectivity index (χ3n) is 2.40. The summed E-state index contributed by atoms with van der Waals surface area (Å²) in [6.07, 6.45) is 0. The molecule has 1 aromatic carbocycles. The van der Waals surface area contributed by atoms with Crippen LogP contribution in [0, 0.1) is 6.92 Å². The quantitative estimate of drug-likeness (QED) is 0.834. The highest BCUT2D eigenvalue weighted by atomic mass is 32.2. The van der Waals surface area contributed by atoms with Crippen molar-refractivity contribution in [3.63, 3.8) is 0 Å². The maximum atomic E-state index is 11.7. The Morgan fingerprint density at radius 3 is 2.75 bits per heavy atom. The minimum absolute atomic E-state index is 0.0707. The molecule has 2 aromatic rings. The van der Waals surface area contributed by atoms with Gasteiger partial charge in [0.1, 0.15) is 0 Å². The average molecular weight is 256 g/mol. The fourth-order valence-electron chi connectivity index (χ4n) is 1.33. The average Bonchev–Trinajstić information content (AvgIpc) is 2.62. The Morgan fingerprint density at radius 1 is 1.44 bits per heavy atom. The number of nitrogens with two attached hydrogens (primary N) is 1. The molecule has 0 unspecified atom stereocenters. The van der Waals surface area contributed by atoms with E-state index in [4.69, 9.17) is 5.73 Å². The van der Waals surface area contributed by atoms with Crippen molar-refractivity contribution in [3.05, 3.63) is 17.7 Å². The van der Waals surface area contributed by atoms with E-state index < -0.39 is 9.84 Å². The molecule has 0 saturated carbocycles. The lowest BCUT2D eigenvalue weighted by molar-refractivity contribution is 0.596. The van der Waals surface area contributed by atoms with Gasteiger partial charge < -0.3 is 5.73 Å². The van der Waals surface area contributed by atoms with Crippen molar-refractivity contribution in [3.8, 4) is 0 Å². The number of aryl methyl sites for hydroxylation is 1. The molecule has 0 aliphatic heterocycles. The fourth-order valence-corrected chi connectivity index (χ4v) is 3.72. The van der Waals surface area contributed by atoms with Crippen LogP contribution in [0.4, 0.5) is 5.69 Å². The van der Waals surface area contributed by atoms with Gasteiger partial charge in [0, 0.05) is 5.69 Å². The van der Waals surface area contributed by atoms with E-state index in [9.17, 15) is 8.42 Å². The molecule has 0 radical (unpaired) electrons. The predicted molar refractivity (Wildman–Crippen MR) is 66.5 cm³/mol. The first kappa shape index (κ1) is 11.3. The Labute approximate surface area is 98.0 Å². The number of rotatable bonds is 2. The van der Waals surface area contributed by atoms with Crippen molar-refractivity contribution in [2.45, 2.75) is 18.2 Å². The highest BCUT2D eigenvalue weighted by molar-refractivity contribution is 7.93. The number of sulfone groups is 1. The maximum absolute atomic E-state index is 11.7. The molecule has 0 aliphatic rings. The molecule has 0 saturated heterocycles. The smallest absolute Gasteiger partial charge is 0.210 e. The number of fused-ring (bicyclic) bond motifs is 1. The van der Waals surface area contributed by atoms with E-state index in [0.29, 0.717) is 11.2 Å². The van der Waals surface area contributed by atoms with Gasteiger partial charge >= 0.3 is 0 Å². The molecule has 0 aliphatic carbocycles. The van der Waals surface area contributed by atoms with Gasteiger partial charge in [0.25, 0.3) is 0 Å². The first-order valence-corrected chi connectivity index (χ1v) is 7.30. The van der Waals surface area contributed by atoms with Crippen LogP contribution in [0.3, 0.4) is 0 Å². The Morgan fingerprint density at radius 2 is 2.12 bits per heavy atom. The van der Waals surface area contributed by atoms with Gasteiger partial charge in [-0.3, -0.25) is 0 Å². The van der Waals surface area contributed by atoms with Crippen LogP contribution in [0.1, 0.15) is 12.5 Å². The number of nitrogens with zero attached hydrogens (tertiary/aromatic N) is 1. The van der Waals surface area contributed by atoms with Gasteiger partial charge in [0.05, 0.1) is 16.0 Å². The van der Waals surface area contributed by atoms with Crippen LogP contribution >= 0.6 is 11.3 Å². The number of benzene rings is 1. The molecule has 86 valence electrons. The van der Waals surface area contributed by atoms with Crippen LogP contribution in [0.15, 0.2) is 16.5 Å². The number of hydrogen-bond acceptors (Lipinski definition) is 5. The van der Waals surface area contributed by atoms with Gasteiger partial charge in [-0.15, -0.1) is 11.3 Å². The van der Waals surface area contributed by atoms with Gasteiger partial charge in [-0.1, -0.05) is 6.92 Å². The standard InChI is InChI=1S/C10H12N2O2S2/c1-3-16(13,14)10-12-8-5-7(11)6(2)4-9(8)15-10/h4-5H,3,11H2,1-2H3. The van der Waals surface area contributed by atoms with Gasteiger partial charge in [-0.2, -0.15) is 0 Å². The molecule has 4 nitrogen and oxygen atoms in total. The summed E-state index contributed by atoms with van der Waals surface area (Å²) < 4.78 is 24.4. The molecule has 0 amide bonds. The van der Waals surface area contributed by atoms with E-state index in [1.165, 1.54) is 11.3 Å². The molecular formula is C10H12N2O2S2. The largest absolute Gasteiger partial charge is 0.398 e. The van der Waals surface area contributed by atoms with Crippen molar-refractivity contribution in [2.24, 2.45) is 0 Å². The van der Waals surface area contributed by atoms with Gasteiger partial charge in [0.15, 0.2) is 0 Å². The minimum atomic E-state index is -3.22. The summed E-state index contributed by atoms with van der Waals surface area (Å²) in [5.41, 5.74) is 7.98. The van der Waals surface area contributed by atoms with Gasteiger partial charge in [-0.25, -0.2) is 13.4 Å². The molecule has 0 bridgehead atoms. The van der Waals surface area contributed by atoms with Gasteiger partial charge in [-0.05, 0) is 24.6 Å². The second-order valence-electron chi connectivity index (χ2n) is 3.56. The third kappa shape index (κ3) is 1.78. The van der Waals surface area contributed by atoms with Crippen molar-refractivity contribution < 1.29 is 8.42 Å². The summed E-state index contributed by atoms with van der Waals surface area (Å²) in [5.74, 6) is 0.0707. The van der Waals surface area contributed by atoms with E-state index >= 15 is 0 Å². The molecule has 0 spiro atoms. The Bertz CT molecular complexity index is 605. The van der Waals surface area contributed by atoms with Crippen LogP contribution in [0.25, 0.3) is 10.2 Å². The maximum Gasteiger partial charge on any atom is 0.210 e. The number of anilines is 1. The zero-order chi connectivity index (χ0) is 11.9. The lowest BCUT2D eigenvalue weighted by Gasteiger charge is -1.97. The number of aromatic nitrogens is 1. The minimum Gasteiger partial charge on any atom is -0.398 e. The molecule has 2 N–H and O–H groups in total. The summed E-state index contributed by atoms with van der Waals surface area (Å²) in [5, 5.41) is 0. The summed E-state index contributed by atoms with van der Waals surface area (Å²) >= 11 is 1.20. The zero-order valence-electron chi connectivity index (χ0n) is 9.02. The predicted octanol–water partition coefficient (Wildman–Crippen LogP) is 1.98. The normalized spacial score (nSPS) is 12.1. The van der Waals surface area contributed by atoms with E-state index in [2.05, 4.69) is 4.98 Å². The number of hydrogen-bond donors (Lipinski definition) is 1. The number of thiazole rings is 1. The fraction of sp³-hybridized carbons (Fsp3) is 0.300. The van der Waals surface area contributed by atoms with E-state index in [1.807, 2.05) is 13.0 Å². The Hall–Kier alpha value is -1.14. The van der Waals surface area contributed by atoms with Crippen molar-refractivity contribution >= 4 is 37.1 Å². The number of nitrogen functional groups attached to an aromatic ring is 1. The summed E-state index contributed by atoms with van der Waals surface area (Å²) in [6.45, 7) is 3.50. The van der Waals surface area contributed by atoms with Crippen LogP contribution in [0.2, 0.25) is 0 Å². The highest BCUT2D eigenvalue weighted by Gasteiger charge is 2.17. The van der Waals surface area contributed by atoms with E-state index in [0.717, 1.165) is 10.3 Å². The molecule has 16 heavy (non-hydrogen) atoms. The van der Waals surface area contributed by atoms with Crippen LogP contribution in [-0.2, 0) is 9.84 Å². The van der Waals surface area contributed by atoms with Gasteiger partial charge in [0.2, 0.25) is 14.2 Å². The highest BCUT2D eigenvalue weighted by Crippen LogP contribution is 2.29. The van der Waals surface area contributed by atoms with Crippen molar-refractivity contribution in [1.29, 1.82) is 0 Å². The second kappa shape index (κ2) is 3.71. The third-order valence-corrected chi connectivity index (χ3v) is 5.61. The van der Waals surface area contributed by atoms with E-state index in [1.54, 1.807) is 13.0 Å². The Balaban J connectivity index is 2.70. The summed E-state index contributed by atoms with van der Waals surface area (Å²) in [6, 6.07) is 3.59. The molecule has 6 heteroatoms. The summed E-state index contributed by atoms with van der Waals surface area (Å²) in [7, 11) is -3.22. The summed E-state index contributed by atoms with van der Waals surface area (Å²) in [4.78, 5) is 4.11. The van der Waals surface area contributed by atoms with Crippen LogP contribution < -0.4 is 5.73 Å². The zero-order valence-corrected chi connectivity index (χ0v) is 10.7. The molecule has 2 rings (SSSR count). The lowest BCUT2D eigenvalue weighted by atomic mass is 10.2. The molecule has 1 heterocycles. The molecular weight excluding hydrogens is 244 g/mol. The van der Waals surface area contributed by atoms with Crippen molar-refractivity contribution in [1.82, 2.24) is 4.98 Å². The lowest BCUT2D eigenvalue weighted by Crippen LogP contribution is -2.02. The monoisotopic (exact) mass is 256 g/mol. The Kier molecular flexibility index (Phi) is 2.63. The van der Waals surface area contributed by atoms with Crippen LogP contribution in [0.5, 0.6) is 0 Å². The molecule has 0 fully saturated rings.